The number of hydrogen-bond donors (Lipinski definition) is 0. The summed E-state index contributed by atoms with van der Waals surface area (Å²) >= 11 is 0. The first-order valence-corrected chi connectivity index (χ1v) is 6.56. The Morgan fingerprint density at radius 2 is 2.19 bits per heavy atom. The standard InChI is InChI=1S/C15H13N3O3/c1-3-20-15(19)10-8-12(11-6-4-5-7-16-11)17-14-13(10)9(2)18-21-14/h4-8H,3H2,1-2H3. The van der Waals surface area contributed by atoms with Gasteiger partial charge in [-0.25, -0.2) is 9.78 Å². The second-order valence-corrected chi connectivity index (χ2v) is 4.44. The number of aromatic nitrogens is 3. The van der Waals surface area contributed by atoms with Crippen molar-refractivity contribution in [2.24, 2.45) is 0 Å². The van der Waals surface area contributed by atoms with E-state index in [2.05, 4.69) is 15.1 Å². The van der Waals surface area contributed by atoms with Crippen molar-refractivity contribution in [1.82, 2.24) is 15.1 Å². The summed E-state index contributed by atoms with van der Waals surface area (Å²) in [5.74, 6) is -0.423. The van der Waals surface area contributed by atoms with Crippen LogP contribution >= 0.6 is 0 Å². The molecular weight excluding hydrogens is 270 g/mol. The molecule has 6 heteroatoms. The van der Waals surface area contributed by atoms with Crippen molar-refractivity contribution in [3.05, 3.63) is 41.7 Å². The molecule has 21 heavy (non-hydrogen) atoms. The van der Waals surface area contributed by atoms with E-state index in [1.807, 2.05) is 18.2 Å². The van der Waals surface area contributed by atoms with Gasteiger partial charge in [-0.1, -0.05) is 11.2 Å². The van der Waals surface area contributed by atoms with Gasteiger partial charge in [0.2, 0.25) is 0 Å². The lowest BCUT2D eigenvalue weighted by Gasteiger charge is -2.05. The van der Waals surface area contributed by atoms with Gasteiger partial charge in [0.25, 0.3) is 5.71 Å². The van der Waals surface area contributed by atoms with Crippen LogP contribution in [0.4, 0.5) is 0 Å². The van der Waals surface area contributed by atoms with Crippen LogP contribution in [0, 0.1) is 6.92 Å². The minimum absolute atomic E-state index is 0.298. The summed E-state index contributed by atoms with van der Waals surface area (Å²) in [5, 5.41) is 4.44. The third-order valence-electron chi connectivity index (χ3n) is 3.04. The lowest BCUT2D eigenvalue weighted by Crippen LogP contribution is -2.06. The minimum atomic E-state index is -0.423. The van der Waals surface area contributed by atoms with Crippen molar-refractivity contribution in [3.8, 4) is 11.4 Å². The van der Waals surface area contributed by atoms with Gasteiger partial charge in [0.15, 0.2) is 0 Å². The molecule has 3 heterocycles. The number of carbonyl (C=O) groups is 1. The molecule has 6 nitrogen and oxygen atoms in total. The van der Waals surface area contributed by atoms with Gasteiger partial charge < -0.3 is 9.26 Å². The molecule has 3 aromatic rings. The highest BCUT2D eigenvalue weighted by Crippen LogP contribution is 2.26. The van der Waals surface area contributed by atoms with Crippen molar-refractivity contribution < 1.29 is 14.1 Å². The molecule has 0 unspecified atom stereocenters. The first-order valence-electron chi connectivity index (χ1n) is 6.56. The summed E-state index contributed by atoms with van der Waals surface area (Å²) in [5.41, 5.74) is 2.49. The highest BCUT2D eigenvalue weighted by Gasteiger charge is 2.20. The maximum atomic E-state index is 12.2. The van der Waals surface area contributed by atoms with Gasteiger partial charge in [-0.15, -0.1) is 0 Å². The smallest absolute Gasteiger partial charge is 0.339 e. The van der Waals surface area contributed by atoms with E-state index in [0.717, 1.165) is 0 Å². The van der Waals surface area contributed by atoms with Crippen LogP contribution < -0.4 is 0 Å². The third kappa shape index (κ3) is 2.35. The first kappa shape index (κ1) is 13.2. The summed E-state index contributed by atoms with van der Waals surface area (Å²) in [7, 11) is 0. The lowest BCUT2D eigenvalue weighted by atomic mass is 10.1. The fourth-order valence-corrected chi connectivity index (χ4v) is 2.11. The van der Waals surface area contributed by atoms with Crippen LogP contribution in [-0.4, -0.2) is 27.7 Å². The van der Waals surface area contributed by atoms with Crippen molar-refractivity contribution in [2.75, 3.05) is 6.61 Å². The molecule has 0 atom stereocenters. The molecule has 0 aliphatic heterocycles. The number of fused-ring (bicyclic) bond motifs is 1. The first-order chi connectivity index (χ1) is 10.2. The average molecular weight is 283 g/mol. The van der Waals surface area contributed by atoms with Gasteiger partial charge in [-0.2, -0.15) is 0 Å². The van der Waals surface area contributed by atoms with Crippen LogP contribution in [0.2, 0.25) is 0 Å². The van der Waals surface area contributed by atoms with E-state index in [-0.39, 0.29) is 0 Å². The van der Waals surface area contributed by atoms with Crippen LogP contribution in [-0.2, 0) is 4.74 Å². The van der Waals surface area contributed by atoms with E-state index in [0.29, 0.717) is 40.4 Å². The summed E-state index contributed by atoms with van der Waals surface area (Å²) in [6, 6.07) is 7.13. The number of pyridine rings is 2. The molecule has 0 aliphatic carbocycles. The van der Waals surface area contributed by atoms with Crippen molar-refractivity contribution in [3.63, 3.8) is 0 Å². The van der Waals surface area contributed by atoms with Gasteiger partial charge in [-0.3, -0.25) is 4.98 Å². The largest absolute Gasteiger partial charge is 0.462 e. The van der Waals surface area contributed by atoms with E-state index in [1.54, 1.807) is 26.1 Å². The van der Waals surface area contributed by atoms with Gasteiger partial charge in [0, 0.05) is 6.20 Å². The number of rotatable bonds is 3. The molecular formula is C15H13N3O3. The predicted octanol–water partition coefficient (Wildman–Crippen LogP) is 2.77. The van der Waals surface area contributed by atoms with Crippen molar-refractivity contribution in [1.29, 1.82) is 0 Å². The molecule has 0 saturated heterocycles. The number of ether oxygens (including phenoxy) is 1. The SMILES string of the molecule is CCOC(=O)c1cc(-c2ccccn2)nc2onc(C)c12. The lowest BCUT2D eigenvalue weighted by molar-refractivity contribution is 0.0528. The molecule has 0 aliphatic rings. The molecule has 0 fully saturated rings. The number of aryl methyl sites for hydroxylation is 1. The Kier molecular flexibility index (Phi) is 3.35. The summed E-state index contributed by atoms with van der Waals surface area (Å²) < 4.78 is 10.3. The zero-order valence-corrected chi connectivity index (χ0v) is 11.7. The minimum Gasteiger partial charge on any atom is -0.462 e. The summed E-state index contributed by atoms with van der Waals surface area (Å²) in [6.45, 7) is 3.82. The maximum absolute atomic E-state index is 12.2. The molecule has 3 aromatic heterocycles. The Morgan fingerprint density at radius 1 is 1.33 bits per heavy atom. The van der Waals surface area contributed by atoms with Crippen LogP contribution in [0.25, 0.3) is 22.5 Å². The Morgan fingerprint density at radius 3 is 2.90 bits per heavy atom. The molecule has 0 aromatic carbocycles. The number of nitrogens with zero attached hydrogens (tertiary/aromatic N) is 3. The molecule has 0 amide bonds. The number of hydrogen-bond acceptors (Lipinski definition) is 6. The van der Waals surface area contributed by atoms with Crippen LogP contribution in [0.15, 0.2) is 35.0 Å². The molecule has 3 rings (SSSR count). The summed E-state index contributed by atoms with van der Waals surface area (Å²) in [4.78, 5) is 20.8. The Labute approximate surface area is 120 Å². The normalized spacial score (nSPS) is 10.8. The van der Waals surface area contributed by atoms with E-state index >= 15 is 0 Å². The molecule has 0 radical (unpaired) electrons. The Bertz CT molecular complexity index is 797. The highest BCUT2D eigenvalue weighted by atomic mass is 16.5. The van der Waals surface area contributed by atoms with Gasteiger partial charge in [-0.05, 0) is 32.0 Å². The van der Waals surface area contributed by atoms with Crippen LogP contribution in [0.1, 0.15) is 23.0 Å². The van der Waals surface area contributed by atoms with Gasteiger partial charge in [0.1, 0.15) is 0 Å². The summed E-state index contributed by atoms with van der Waals surface area (Å²) in [6.07, 6.45) is 1.66. The fourth-order valence-electron chi connectivity index (χ4n) is 2.11. The Hall–Kier alpha value is -2.76. The van der Waals surface area contributed by atoms with E-state index in [9.17, 15) is 4.79 Å². The molecule has 106 valence electrons. The maximum Gasteiger partial charge on any atom is 0.339 e. The molecule has 0 bridgehead atoms. The second kappa shape index (κ2) is 5.32. The van der Waals surface area contributed by atoms with Crippen molar-refractivity contribution >= 4 is 17.1 Å². The third-order valence-corrected chi connectivity index (χ3v) is 3.04. The average Bonchev–Trinajstić information content (AvgIpc) is 2.89. The van der Waals surface area contributed by atoms with E-state index in [4.69, 9.17) is 9.26 Å². The van der Waals surface area contributed by atoms with Gasteiger partial charge in [0.05, 0.1) is 34.6 Å². The topological polar surface area (TPSA) is 78.1 Å². The second-order valence-electron chi connectivity index (χ2n) is 4.44. The quantitative estimate of drug-likeness (QED) is 0.688. The molecule has 0 N–H and O–H groups in total. The highest BCUT2D eigenvalue weighted by molar-refractivity contribution is 6.04. The van der Waals surface area contributed by atoms with E-state index < -0.39 is 5.97 Å². The Balaban J connectivity index is 2.23. The van der Waals surface area contributed by atoms with Crippen LogP contribution in [0.5, 0.6) is 0 Å². The zero-order chi connectivity index (χ0) is 14.8. The van der Waals surface area contributed by atoms with Crippen LogP contribution in [0.3, 0.4) is 0 Å². The molecule has 0 spiro atoms. The zero-order valence-electron chi connectivity index (χ0n) is 11.7. The van der Waals surface area contributed by atoms with E-state index in [1.165, 1.54) is 0 Å². The predicted molar refractivity (Wildman–Crippen MR) is 75.7 cm³/mol. The number of carbonyl (C=O) groups excluding carboxylic acids is 1. The molecule has 0 saturated carbocycles. The fraction of sp³-hybridized carbons (Fsp3) is 0.200. The van der Waals surface area contributed by atoms with Crippen molar-refractivity contribution in [2.45, 2.75) is 13.8 Å². The monoisotopic (exact) mass is 283 g/mol. The number of esters is 1. The van der Waals surface area contributed by atoms with Gasteiger partial charge >= 0.3 is 5.97 Å².